The lowest BCUT2D eigenvalue weighted by molar-refractivity contribution is 0.197. The van der Waals surface area contributed by atoms with Crippen molar-refractivity contribution in [3.8, 4) is 0 Å². The molecule has 2 aliphatic heterocycles. The average molecular weight is 267 g/mol. The van der Waals surface area contributed by atoms with Gasteiger partial charge in [0.1, 0.15) is 0 Å². The second-order valence-corrected chi connectivity index (χ2v) is 5.10. The Morgan fingerprint density at radius 2 is 2.22 bits per heavy atom. The number of anilines is 2. The number of benzene rings is 1. The van der Waals surface area contributed by atoms with Crippen LogP contribution in [0, 0.1) is 0 Å². The van der Waals surface area contributed by atoms with Crippen molar-refractivity contribution >= 4 is 29.0 Å². The Hall–Kier alpha value is -1.62. The van der Waals surface area contributed by atoms with Gasteiger partial charge in [0.15, 0.2) is 0 Å². The molecule has 2 fully saturated rings. The highest BCUT2D eigenvalue weighted by molar-refractivity contribution is 6.33. The molecule has 18 heavy (non-hydrogen) atoms. The molecule has 2 heterocycles. The second kappa shape index (κ2) is 4.24. The fourth-order valence-corrected chi connectivity index (χ4v) is 2.91. The fraction of sp³-hybridized carbons (Fsp3) is 0.417. The molecule has 3 N–H and O–H groups in total. The van der Waals surface area contributed by atoms with Crippen LogP contribution in [0.2, 0.25) is 5.02 Å². The van der Waals surface area contributed by atoms with Gasteiger partial charge < -0.3 is 20.9 Å². The van der Waals surface area contributed by atoms with Crippen molar-refractivity contribution in [2.45, 2.75) is 6.04 Å². The molecule has 6 heteroatoms. The summed E-state index contributed by atoms with van der Waals surface area (Å²) in [5, 5.41) is 3.53. The topological polar surface area (TPSA) is 61.6 Å². The van der Waals surface area contributed by atoms with Crippen LogP contribution in [0.15, 0.2) is 18.2 Å². The Balaban J connectivity index is 1.80. The number of halogens is 1. The minimum absolute atomic E-state index is 0.0445. The van der Waals surface area contributed by atoms with E-state index in [-0.39, 0.29) is 12.1 Å². The van der Waals surface area contributed by atoms with Crippen LogP contribution in [0.5, 0.6) is 0 Å². The maximum Gasteiger partial charge on any atom is 0.317 e. The molecule has 0 saturated carbocycles. The van der Waals surface area contributed by atoms with E-state index in [1.165, 1.54) is 0 Å². The third-order valence-electron chi connectivity index (χ3n) is 3.54. The molecule has 2 aliphatic rings. The van der Waals surface area contributed by atoms with Crippen LogP contribution in [0.1, 0.15) is 0 Å². The monoisotopic (exact) mass is 266 g/mol. The summed E-state index contributed by atoms with van der Waals surface area (Å²) in [7, 11) is 0. The molecule has 2 amide bonds. The van der Waals surface area contributed by atoms with Crippen LogP contribution in [-0.4, -0.2) is 43.2 Å². The number of hydrogen-bond acceptors (Lipinski definition) is 3. The molecule has 1 aromatic carbocycles. The van der Waals surface area contributed by atoms with Gasteiger partial charge in [0.25, 0.3) is 0 Å². The number of urea groups is 1. The highest BCUT2D eigenvalue weighted by atomic mass is 35.5. The van der Waals surface area contributed by atoms with Crippen LogP contribution in [0.4, 0.5) is 16.2 Å². The van der Waals surface area contributed by atoms with Crippen molar-refractivity contribution in [3.63, 3.8) is 0 Å². The van der Waals surface area contributed by atoms with Gasteiger partial charge in [0, 0.05) is 31.9 Å². The number of amides is 2. The lowest BCUT2D eigenvalue weighted by Gasteiger charge is -2.38. The summed E-state index contributed by atoms with van der Waals surface area (Å²) < 4.78 is 0. The van der Waals surface area contributed by atoms with Crippen molar-refractivity contribution in [2.24, 2.45) is 0 Å². The number of piperazine rings is 1. The van der Waals surface area contributed by atoms with Crippen LogP contribution in [0.25, 0.3) is 0 Å². The summed E-state index contributed by atoms with van der Waals surface area (Å²) in [6, 6.07) is 5.84. The molecule has 2 saturated heterocycles. The number of carbonyl (C=O) groups excluding carboxylic acids is 1. The van der Waals surface area contributed by atoms with Crippen LogP contribution < -0.4 is 16.0 Å². The van der Waals surface area contributed by atoms with Crippen molar-refractivity contribution < 1.29 is 4.79 Å². The predicted molar refractivity (Wildman–Crippen MR) is 72.0 cm³/mol. The van der Waals surface area contributed by atoms with Crippen LogP contribution in [-0.2, 0) is 0 Å². The van der Waals surface area contributed by atoms with E-state index in [1.54, 1.807) is 6.07 Å². The Morgan fingerprint density at radius 1 is 1.39 bits per heavy atom. The minimum atomic E-state index is 0.0445. The van der Waals surface area contributed by atoms with Gasteiger partial charge in [-0.15, -0.1) is 0 Å². The van der Waals surface area contributed by atoms with E-state index in [0.717, 1.165) is 25.3 Å². The van der Waals surface area contributed by atoms with Gasteiger partial charge in [-0.2, -0.15) is 0 Å². The normalized spacial score (nSPS) is 22.9. The number of nitrogens with zero attached hydrogens (tertiary/aromatic N) is 2. The molecule has 1 unspecified atom stereocenters. The van der Waals surface area contributed by atoms with Gasteiger partial charge in [-0.25, -0.2) is 4.79 Å². The summed E-state index contributed by atoms with van der Waals surface area (Å²) >= 11 is 6.22. The van der Waals surface area contributed by atoms with Crippen molar-refractivity contribution in [1.82, 2.24) is 10.2 Å². The van der Waals surface area contributed by atoms with Crippen molar-refractivity contribution in [3.05, 3.63) is 23.2 Å². The summed E-state index contributed by atoms with van der Waals surface area (Å²) in [5.41, 5.74) is 7.35. The third kappa shape index (κ3) is 1.84. The lowest BCUT2D eigenvalue weighted by Crippen LogP contribution is -2.52. The number of nitrogen functional groups attached to an aromatic ring is 1. The molecule has 0 radical (unpaired) electrons. The van der Waals surface area contributed by atoms with Gasteiger partial charge in [0.05, 0.1) is 16.8 Å². The summed E-state index contributed by atoms with van der Waals surface area (Å²) in [4.78, 5) is 15.6. The second-order valence-electron chi connectivity index (χ2n) is 4.69. The van der Waals surface area contributed by atoms with E-state index in [1.807, 2.05) is 17.0 Å². The number of nitrogens with two attached hydrogens (primary N) is 1. The number of rotatable bonds is 1. The molecule has 1 atom stereocenters. The lowest BCUT2D eigenvalue weighted by atomic mass is 10.1. The largest absolute Gasteiger partial charge is 0.399 e. The molecule has 0 aliphatic carbocycles. The highest BCUT2D eigenvalue weighted by Crippen LogP contribution is 2.30. The zero-order chi connectivity index (χ0) is 12.7. The van der Waals surface area contributed by atoms with Crippen molar-refractivity contribution in [1.29, 1.82) is 0 Å². The molecule has 0 bridgehead atoms. The first-order chi connectivity index (χ1) is 8.65. The van der Waals surface area contributed by atoms with E-state index in [9.17, 15) is 4.79 Å². The van der Waals surface area contributed by atoms with Gasteiger partial charge in [-0.1, -0.05) is 11.6 Å². The molecule has 5 nitrogen and oxygen atoms in total. The first-order valence-electron chi connectivity index (χ1n) is 5.99. The first kappa shape index (κ1) is 11.5. The molecule has 96 valence electrons. The molecule has 0 aromatic heterocycles. The van der Waals surface area contributed by atoms with Gasteiger partial charge >= 0.3 is 6.03 Å². The zero-order valence-electron chi connectivity index (χ0n) is 9.90. The molecular weight excluding hydrogens is 252 g/mol. The van der Waals surface area contributed by atoms with E-state index in [0.29, 0.717) is 17.3 Å². The quantitative estimate of drug-likeness (QED) is 0.750. The number of nitrogens with one attached hydrogen (secondary N) is 1. The predicted octanol–water partition coefficient (Wildman–Crippen LogP) is 1.14. The average Bonchev–Trinajstić information content (AvgIpc) is 2.71. The smallest absolute Gasteiger partial charge is 0.317 e. The van der Waals surface area contributed by atoms with Gasteiger partial charge in [-0.05, 0) is 18.2 Å². The fourth-order valence-electron chi connectivity index (χ4n) is 2.60. The molecule has 1 aromatic rings. The maximum atomic E-state index is 11.5. The molecule has 3 rings (SSSR count). The zero-order valence-corrected chi connectivity index (χ0v) is 10.7. The third-order valence-corrected chi connectivity index (χ3v) is 3.85. The highest BCUT2D eigenvalue weighted by Gasteiger charge is 2.35. The number of fused-ring (bicyclic) bond motifs is 1. The van der Waals surface area contributed by atoms with E-state index in [2.05, 4.69) is 10.2 Å². The molecule has 0 spiro atoms. The van der Waals surface area contributed by atoms with E-state index < -0.39 is 0 Å². The number of hydrogen-bond donors (Lipinski definition) is 2. The van der Waals surface area contributed by atoms with E-state index in [4.69, 9.17) is 17.3 Å². The Bertz CT molecular complexity index is 493. The maximum absolute atomic E-state index is 11.5. The SMILES string of the molecule is Nc1ccc(N2CCN3C(=O)NCC3C2)c(Cl)c1. The van der Waals surface area contributed by atoms with Gasteiger partial charge in [-0.3, -0.25) is 0 Å². The molecular formula is C12H15ClN4O. The summed E-state index contributed by atoms with van der Waals surface area (Å²) in [5.74, 6) is 0. The Morgan fingerprint density at radius 3 is 3.00 bits per heavy atom. The number of carbonyl (C=O) groups is 1. The van der Waals surface area contributed by atoms with Crippen LogP contribution in [0.3, 0.4) is 0 Å². The van der Waals surface area contributed by atoms with Crippen molar-refractivity contribution in [2.75, 3.05) is 36.8 Å². The Kier molecular flexibility index (Phi) is 2.70. The summed E-state index contributed by atoms with van der Waals surface area (Å²) in [6.07, 6.45) is 0. The first-order valence-corrected chi connectivity index (χ1v) is 6.37. The standard InChI is InChI=1S/C12H15ClN4O/c13-10-5-8(14)1-2-11(10)16-3-4-17-9(7-16)6-15-12(17)18/h1-2,5,9H,3-4,6-7,14H2,(H,15,18). The van der Waals surface area contributed by atoms with E-state index >= 15 is 0 Å². The minimum Gasteiger partial charge on any atom is -0.399 e. The van der Waals surface area contributed by atoms with Gasteiger partial charge in [0.2, 0.25) is 0 Å². The summed E-state index contributed by atoms with van der Waals surface area (Å²) in [6.45, 7) is 3.05. The Labute approximate surface area is 110 Å². The van der Waals surface area contributed by atoms with Crippen LogP contribution >= 0.6 is 11.6 Å².